The molecule has 1 aromatic carbocycles. The molecule has 0 spiro atoms. The highest BCUT2D eigenvalue weighted by molar-refractivity contribution is 5.75. The number of esters is 1. The zero-order valence-corrected chi connectivity index (χ0v) is 11.2. The molecule has 1 atom stereocenters. The minimum absolute atomic E-state index is 0.240. The molecule has 1 saturated heterocycles. The lowest BCUT2D eigenvalue weighted by Crippen LogP contribution is -2.53. The number of hydrazine groups is 1. The van der Waals surface area contributed by atoms with E-state index in [1.165, 1.54) is 7.11 Å². The van der Waals surface area contributed by atoms with Crippen LogP contribution in [0.4, 0.5) is 0 Å². The monoisotopic (exact) mass is 264 g/mol. The molecule has 1 aliphatic heterocycles. The number of benzene rings is 1. The largest absolute Gasteiger partial charge is 0.468 e. The maximum Gasteiger partial charge on any atom is 0.324 e. The number of nitrogens with one attached hydrogen (secondary N) is 1. The SMILES string of the molecule is COC(=O)[C@@H](Cc1ccccc1)NN1CCOCC1. The van der Waals surface area contributed by atoms with E-state index in [1.54, 1.807) is 0 Å². The minimum Gasteiger partial charge on any atom is -0.468 e. The zero-order valence-electron chi connectivity index (χ0n) is 11.2. The molecular weight excluding hydrogens is 244 g/mol. The summed E-state index contributed by atoms with van der Waals surface area (Å²) in [6.07, 6.45) is 0.616. The molecule has 5 heteroatoms. The van der Waals surface area contributed by atoms with Gasteiger partial charge in [-0.05, 0) is 12.0 Å². The molecule has 1 aromatic rings. The van der Waals surface area contributed by atoms with Gasteiger partial charge in [0, 0.05) is 13.1 Å². The smallest absolute Gasteiger partial charge is 0.324 e. The summed E-state index contributed by atoms with van der Waals surface area (Å²) in [6.45, 7) is 2.93. The predicted octanol–water partition coefficient (Wildman–Crippen LogP) is 0.607. The Morgan fingerprint density at radius 2 is 2.05 bits per heavy atom. The number of hydrogen-bond donors (Lipinski definition) is 1. The van der Waals surface area contributed by atoms with Crippen molar-refractivity contribution in [3.8, 4) is 0 Å². The van der Waals surface area contributed by atoms with Crippen molar-refractivity contribution >= 4 is 5.97 Å². The van der Waals surface area contributed by atoms with Gasteiger partial charge in [-0.25, -0.2) is 10.4 Å². The molecule has 0 amide bonds. The first-order chi connectivity index (χ1) is 9.29. The lowest BCUT2D eigenvalue weighted by Gasteiger charge is -2.30. The standard InChI is InChI=1S/C14H20N2O3/c1-18-14(17)13(11-12-5-3-2-4-6-12)15-16-7-9-19-10-8-16/h2-6,13,15H,7-11H2,1H3/t13-/m1/s1. The Labute approximate surface area is 113 Å². The molecule has 1 aliphatic rings. The van der Waals surface area contributed by atoms with Gasteiger partial charge < -0.3 is 9.47 Å². The van der Waals surface area contributed by atoms with Gasteiger partial charge in [-0.2, -0.15) is 0 Å². The number of carbonyl (C=O) groups excluding carboxylic acids is 1. The minimum atomic E-state index is -0.356. The molecule has 2 rings (SSSR count). The van der Waals surface area contributed by atoms with Gasteiger partial charge in [-0.1, -0.05) is 30.3 Å². The van der Waals surface area contributed by atoms with Gasteiger partial charge in [0.05, 0.1) is 20.3 Å². The molecule has 104 valence electrons. The molecule has 0 radical (unpaired) electrons. The Morgan fingerprint density at radius 1 is 1.37 bits per heavy atom. The lowest BCUT2D eigenvalue weighted by atomic mass is 10.1. The predicted molar refractivity (Wildman–Crippen MR) is 71.5 cm³/mol. The van der Waals surface area contributed by atoms with Gasteiger partial charge in [0.15, 0.2) is 0 Å². The van der Waals surface area contributed by atoms with Crippen molar-refractivity contribution in [1.29, 1.82) is 0 Å². The molecule has 0 unspecified atom stereocenters. The van der Waals surface area contributed by atoms with E-state index >= 15 is 0 Å². The Hall–Kier alpha value is -1.43. The van der Waals surface area contributed by atoms with Crippen LogP contribution in [0.2, 0.25) is 0 Å². The molecule has 1 fully saturated rings. The molecule has 1 heterocycles. The third-order valence-electron chi connectivity index (χ3n) is 3.12. The first-order valence-electron chi connectivity index (χ1n) is 6.50. The van der Waals surface area contributed by atoms with Crippen LogP contribution in [-0.2, 0) is 20.7 Å². The average molecular weight is 264 g/mol. The van der Waals surface area contributed by atoms with E-state index in [0.717, 1.165) is 18.7 Å². The van der Waals surface area contributed by atoms with Crippen LogP contribution in [0.5, 0.6) is 0 Å². The molecule has 19 heavy (non-hydrogen) atoms. The molecule has 0 aliphatic carbocycles. The van der Waals surface area contributed by atoms with Crippen molar-refractivity contribution in [2.45, 2.75) is 12.5 Å². The van der Waals surface area contributed by atoms with Crippen LogP contribution in [0.25, 0.3) is 0 Å². The summed E-state index contributed by atoms with van der Waals surface area (Å²) in [5.41, 5.74) is 4.34. The molecule has 0 aromatic heterocycles. The van der Waals surface area contributed by atoms with Crippen molar-refractivity contribution in [3.63, 3.8) is 0 Å². The van der Waals surface area contributed by atoms with E-state index in [-0.39, 0.29) is 12.0 Å². The Morgan fingerprint density at radius 3 is 2.68 bits per heavy atom. The van der Waals surface area contributed by atoms with Crippen LogP contribution in [-0.4, -0.2) is 50.4 Å². The maximum absolute atomic E-state index is 11.8. The third-order valence-corrected chi connectivity index (χ3v) is 3.12. The number of methoxy groups -OCH3 is 1. The summed E-state index contributed by atoms with van der Waals surface area (Å²) < 4.78 is 10.2. The van der Waals surface area contributed by atoms with Gasteiger partial charge in [-0.15, -0.1) is 0 Å². The van der Waals surface area contributed by atoms with Gasteiger partial charge in [0.1, 0.15) is 6.04 Å². The number of hydrogen-bond acceptors (Lipinski definition) is 5. The second-order valence-electron chi connectivity index (χ2n) is 4.49. The fourth-order valence-corrected chi connectivity index (χ4v) is 2.09. The van der Waals surface area contributed by atoms with Crippen molar-refractivity contribution in [2.24, 2.45) is 0 Å². The Balaban J connectivity index is 1.97. The second kappa shape index (κ2) is 7.23. The number of ether oxygens (including phenoxy) is 2. The highest BCUT2D eigenvalue weighted by Gasteiger charge is 2.23. The third kappa shape index (κ3) is 4.31. The molecule has 5 nitrogen and oxygen atoms in total. The summed E-state index contributed by atoms with van der Waals surface area (Å²) >= 11 is 0. The average Bonchev–Trinajstić information content (AvgIpc) is 2.48. The van der Waals surface area contributed by atoms with Crippen LogP contribution < -0.4 is 5.43 Å². The number of morpholine rings is 1. The van der Waals surface area contributed by atoms with Gasteiger partial charge in [-0.3, -0.25) is 4.79 Å². The van der Waals surface area contributed by atoms with E-state index < -0.39 is 0 Å². The van der Waals surface area contributed by atoms with E-state index in [4.69, 9.17) is 9.47 Å². The topological polar surface area (TPSA) is 50.8 Å². The number of nitrogens with zero attached hydrogens (tertiary/aromatic N) is 1. The second-order valence-corrected chi connectivity index (χ2v) is 4.49. The summed E-state index contributed by atoms with van der Waals surface area (Å²) in [5, 5.41) is 2.02. The summed E-state index contributed by atoms with van der Waals surface area (Å²) in [4.78, 5) is 11.8. The number of carbonyl (C=O) groups is 1. The zero-order chi connectivity index (χ0) is 13.5. The van der Waals surface area contributed by atoms with Crippen LogP contribution in [0, 0.1) is 0 Å². The summed E-state index contributed by atoms with van der Waals surface area (Å²) in [5.74, 6) is -0.240. The van der Waals surface area contributed by atoms with Gasteiger partial charge in [0.2, 0.25) is 0 Å². The highest BCUT2D eigenvalue weighted by Crippen LogP contribution is 2.06. The number of rotatable bonds is 5. The fourth-order valence-electron chi connectivity index (χ4n) is 2.09. The van der Waals surface area contributed by atoms with Crippen molar-refractivity contribution in [3.05, 3.63) is 35.9 Å². The van der Waals surface area contributed by atoms with E-state index in [9.17, 15) is 4.79 Å². The van der Waals surface area contributed by atoms with Crippen molar-refractivity contribution in [2.75, 3.05) is 33.4 Å². The first kappa shape index (κ1) is 14.0. The van der Waals surface area contributed by atoms with Crippen molar-refractivity contribution in [1.82, 2.24) is 10.4 Å². The van der Waals surface area contributed by atoms with Crippen molar-refractivity contribution < 1.29 is 14.3 Å². The molecule has 0 saturated carbocycles. The van der Waals surface area contributed by atoms with Crippen LogP contribution in [0.3, 0.4) is 0 Å². The normalized spacial score (nSPS) is 17.9. The van der Waals surface area contributed by atoms with E-state index in [2.05, 4.69) is 5.43 Å². The van der Waals surface area contributed by atoms with Crippen LogP contribution in [0.1, 0.15) is 5.56 Å². The molecule has 0 bridgehead atoms. The van der Waals surface area contributed by atoms with Gasteiger partial charge in [0.25, 0.3) is 0 Å². The molecule has 1 N–H and O–H groups in total. The Kier molecular flexibility index (Phi) is 5.32. The summed E-state index contributed by atoms with van der Waals surface area (Å²) in [6, 6.07) is 9.57. The maximum atomic E-state index is 11.8. The van der Waals surface area contributed by atoms with Crippen LogP contribution in [0.15, 0.2) is 30.3 Å². The molecular formula is C14H20N2O3. The fraction of sp³-hybridized carbons (Fsp3) is 0.500. The lowest BCUT2D eigenvalue weighted by molar-refractivity contribution is -0.145. The van der Waals surface area contributed by atoms with E-state index in [0.29, 0.717) is 19.6 Å². The first-order valence-corrected chi connectivity index (χ1v) is 6.50. The Bertz CT molecular complexity index is 391. The van der Waals surface area contributed by atoms with Crippen LogP contribution >= 0.6 is 0 Å². The highest BCUT2D eigenvalue weighted by atomic mass is 16.5. The van der Waals surface area contributed by atoms with E-state index in [1.807, 2.05) is 35.3 Å². The quantitative estimate of drug-likeness (QED) is 0.790. The summed E-state index contributed by atoms with van der Waals surface area (Å²) in [7, 11) is 1.42. The van der Waals surface area contributed by atoms with Gasteiger partial charge >= 0.3 is 5.97 Å².